The number of anilines is 1. The predicted molar refractivity (Wildman–Crippen MR) is 106 cm³/mol. The Balaban J connectivity index is 1.95. The molecule has 0 bridgehead atoms. The Bertz CT molecular complexity index is 927. The Hall–Kier alpha value is -3.42. The highest BCUT2D eigenvalue weighted by Gasteiger charge is 2.23. The lowest BCUT2D eigenvalue weighted by Crippen LogP contribution is -2.17. The Morgan fingerprint density at radius 3 is 2.28 bits per heavy atom. The number of rotatable bonds is 8. The van der Waals surface area contributed by atoms with Crippen LogP contribution in [-0.2, 0) is 25.5 Å². The number of esters is 2. The van der Waals surface area contributed by atoms with Gasteiger partial charge in [-0.1, -0.05) is 12.1 Å². The molecule has 2 rings (SSSR count). The number of hydrogen-bond donors (Lipinski definition) is 2. The molecule has 1 aromatic carbocycles. The van der Waals surface area contributed by atoms with Crippen LogP contribution in [0.1, 0.15) is 51.5 Å². The number of aromatic amines is 1. The molecule has 0 aliphatic rings. The van der Waals surface area contributed by atoms with Crippen molar-refractivity contribution in [2.75, 3.05) is 18.5 Å². The van der Waals surface area contributed by atoms with Crippen molar-refractivity contribution in [1.82, 2.24) is 4.98 Å². The van der Waals surface area contributed by atoms with Gasteiger partial charge in [-0.05, 0) is 44.0 Å². The largest absolute Gasteiger partial charge is 0.462 e. The molecule has 8 heteroatoms. The summed E-state index contributed by atoms with van der Waals surface area (Å²) in [6.45, 7) is 6.22. The number of Topliss-reactive ketones (excluding diaryl/α,β-unsaturated/α-hetero) is 1. The summed E-state index contributed by atoms with van der Waals surface area (Å²) >= 11 is 0. The smallest absolute Gasteiger partial charge is 0.340 e. The number of aryl methyl sites for hydroxylation is 1. The highest BCUT2D eigenvalue weighted by Crippen LogP contribution is 2.19. The first-order valence-corrected chi connectivity index (χ1v) is 9.14. The Labute approximate surface area is 168 Å². The molecule has 0 aliphatic carbocycles. The minimum Gasteiger partial charge on any atom is -0.462 e. The highest BCUT2D eigenvalue weighted by atomic mass is 16.5. The summed E-state index contributed by atoms with van der Waals surface area (Å²) in [5, 5.41) is 2.63. The van der Waals surface area contributed by atoms with Crippen molar-refractivity contribution in [3.8, 4) is 0 Å². The average Bonchev–Trinajstić information content (AvgIpc) is 2.95. The summed E-state index contributed by atoms with van der Waals surface area (Å²) in [5.41, 5.74) is 2.84. The molecule has 0 saturated carbocycles. The molecule has 0 unspecified atom stereocenters. The standard InChI is InChI=1S/C21H24N2O6/c1-5-28-21(27)19-12(2)20(22-13(19)3)17(25)11-29-18(26)10-15-6-8-16(9-7-15)23-14(4)24/h6-9,22H,5,10-11H2,1-4H3,(H,23,24). The minimum atomic E-state index is -0.558. The first-order chi connectivity index (χ1) is 13.7. The van der Waals surface area contributed by atoms with Crippen LogP contribution in [0.25, 0.3) is 0 Å². The number of ether oxygens (including phenoxy) is 2. The molecule has 154 valence electrons. The van der Waals surface area contributed by atoms with Gasteiger partial charge in [0.1, 0.15) is 0 Å². The zero-order valence-electron chi connectivity index (χ0n) is 16.9. The van der Waals surface area contributed by atoms with Gasteiger partial charge in [-0.25, -0.2) is 4.79 Å². The molecule has 2 aromatic rings. The van der Waals surface area contributed by atoms with Gasteiger partial charge in [-0.15, -0.1) is 0 Å². The van der Waals surface area contributed by atoms with E-state index in [0.717, 1.165) is 0 Å². The van der Waals surface area contributed by atoms with Crippen LogP contribution >= 0.6 is 0 Å². The second-order valence-corrected chi connectivity index (χ2v) is 6.48. The molecule has 0 fully saturated rings. The van der Waals surface area contributed by atoms with Crippen LogP contribution in [0.3, 0.4) is 0 Å². The van der Waals surface area contributed by atoms with E-state index >= 15 is 0 Å². The van der Waals surface area contributed by atoms with E-state index in [1.807, 2.05) is 0 Å². The molecular weight excluding hydrogens is 376 g/mol. The quantitative estimate of drug-likeness (QED) is 0.520. The minimum absolute atomic E-state index is 0.00948. The monoisotopic (exact) mass is 400 g/mol. The summed E-state index contributed by atoms with van der Waals surface area (Å²) in [7, 11) is 0. The summed E-state index contributed by atoms with van der Waals surface area (Å²) < 4.78 is 10.1. The van der Waals surface area contributed by atoms with Crippen molar-refractivity contribution in [3.05, 3.63) is 52.3 Å². The lowest BCUT2D eigenvalue weighted by atomic mass is 10.1. The van der Waals surface area contributed by atoms with Gasteiger partial charge in [-0.2, -0.15) is 0 Å². The maximum absolute atomic E-state index is 12.4. The van der Waals surface area contributed by atoms with Gasteiger partial charge >= 0.3 is 11.9 Å². The van der Waals surface area contributed by atoms with Crippen LogP contribution in [-0.4, -0.2) is 41.8 Å². The van der Waals surface area contributed by atoms with Crippen molar-refractivity contribution in [1.29, 1.82) is 0 Å². The Kier molecular flexibility index (Phi) is 7.30. The number of nitrogens with one attached hydrogen (secondary N) is 2. The number of carbonyl (C=O) groups excluding carboxylic acids is 4. The molecule has 0 spiro atoms. The Morgan fingerprint density at radius 1 is 1.03 bits per heavy atom. The van der Waals surface area contributed by atoms with Crippen molar-refractivity contribution < 1.29 is 28.7 Å². The number of H-pyrrole nitrogens is 1. The molecule has 8 nitrogen and oxygen atoms in total. The van der Waals surface area contributed by atoms with Crippen LogP contribution in [0.4, 0.5) is 5.69 Å². The highest BCUT2D eigenvalue weighted by molar-refractivity contribution is 6.02. The SMILES string of the molecule is CCOC(=O)c1c(C)[nH]c(C(=O)COC(=O)Cc2ccc(NC(C)=O)cc2)c1C. The lowest BCUT2D eigenvalue weighted by Gasteiger charge is -2.06. The van der Waals surface area contributed by atoms with Gasteiger partial charge in [0.05, 0.1) is 24.3 Å². The van der Waals surface area contributed by atoms with Crippen LogP contribution in [0.5, 0.6) is 0 Å². The molecule has 1 aromatic heterocycles. The third-order valence-electron chi connectivity index (χ3n) is 4.18. The first kappa shape index (κ1) is 21.9. The zero-order chi connectivity index (χ0) is 21.6. The fraction of sp³-hybridized carbons (Fsp3) is 0.333. The summed E-state index contributed by atoms with van der Waals surface area (Å²) in [6, 6.07) is 6.74. The number of carbonyl (C=O) groups is 4. The van der Waals surface area contributed by atoms with Crippen molar-refractivity contribution in [2.45, 2.75) is 34.1 Å². The van der Waals surface area contributed by atoms with Crippen LogP contribution in [0.2, 0.25) is 0 Å². The normalized spacial score (nSPS) is 10.3. The second kappa shape index (κ2) is 9.68. The number of aromatic nitrogens is 1. The van der Waals surface area contributed by atoms with E-state index in [9.17, 15) is 19.2 Å². The molecule has 0 saturated heterocycles. The maximum atomic E-state index is 12.4. The Morgan fingerprint density at radius 2 is 1.69 bits per heavy atom. The molecule has 29 heavy (non-hydrogen) atoms. The summed E-state index contributed by atoms with van der Waals surface area (Å²) in [5.74, 6) is -1.68. The van der Waals surface area contributed by atoms with Crippen molar-refractivity contribution in [2.24, 2.45) is 0 Å². The van der Waals surface area contributed by atoms with Gasteiger partial charge in [0.25, 0.3) is 0 Å². The van der Waals surface area contributed by atoms with Gasteiger partial charge in [0.2, 0.25) is 11.7 Å². The third kappa shape index (κ3) is 5.78. The van der Waals surface area contributed by atoms with Gasteiger partial charge < -0.3 is 19.8 Å². The van der Waals surface area contributed by atoms with Gasteiger partial charge in [0, 0.05) is 18.3 Å². The molecule has 0 atom stereocenters. The molecule has 1 amide bonds. The van der Waals surface area contributed by atoms with Crippen LogP contribution in [0.15, 0.2) is 24.3 Å². The average molecular weight is 400 g/mol. The topological polar surface area (TPSA) is 115 Å². The molecule has 2 N–H and O–H groups in total. The van der Waals surface area contributed by atoms with Crippen LogP contribution < -0.4 is 5.32 Å². The summed E-state index contributed by atoms with van der Waals surface area (Å²) in [6.07, 6.45) is -0.00948. The molecular formula is C21H24N2O6. The van der Waals surface area contributed by atoms with Gasteiger partial charge in [-0.3, -0.25) is 14.4 Å². The van der Waals surface area contributed by atoms with Crippen molar-refractivity contribution >= 4 is 29.3 Å². The summed E-state index contributed by atoms with van der Waals surface area (Å²) in [4.78, 5) is 50.3. The zero-order valence-corrected chi connectivity index (χ0v) is 16.9. The number of hydrogen-bond acceptors (Lipinski definition) is 6. The van der Waals surface area contributed by atoms with Crippen LogP contribution in [0, 0.1) is 13.8 Å². The maximum Gasteiger partial charge on any atom is 0.340 e. The van der Waals surface area contributed by atoms with E-state index in [1.54, 1.807) is 45.0 Å². The van der Waals surface area contributed by atoms with Crippen molar-refractivity contribution in [3.63, 3.8) is 0 Å². The van der Waals surface area contributed by atoms with E-state index in [0.29, 0.717) is 28.1 Å². The lowest BCUT2D eigenvalue weighted by molar-refractivity contribution is -0.141. The fourth-order valence-corrected chi connectivity index (χ4v) is 2.88. The number of amides is 1. The fourth-order valence-electron chi connectivity index (χ4n) is 2.88. The first-order valence-electron chi connectivity index (χ1n) is 9.14. The molecule has 1 heterocycles. The third-order valence-corrected chi connectivity index (χ3v) is 4.18. The number of benzene rings is 1. The van der Waals surface area contributed by atoms with E-state index in [4.69, 9.17) is 9.47 Å². The molecule has 0 radical (unpaired) electrons. The predicted octanol–water partition coefficient (Wildman–Crippen LogP) is 2.74. The van der Waals surface area contributed by atoms with E-state index in [1.165, 1.54) is 6.92 Å². The van der Waals surface area contributed by atoms with E-state index < -0.39 is 24.3 Å². The van der Waals surface area contributed by atoms with E-state index in [-0.39, 0.29) is 24.6 Å². The molecule has 0 aliphatic heterocycles. The number of ketones is 1. The second-order valence-electron chi connectivity index (χ2n) is 6.48. The van der Waals surface area contributed by atoms with Gasteiger partial charge in [0.15, 0.2) is 6.61 Å². The van der Waals surface area contributed by atoms with E-state index in [2.05, 4.69) is 10.3 Å².